The number of halogens is 1. The van der Waals surface area contributed by atoms with Gasteiger partial charge in [0.25, 0.3) is 5.56 Å². The predicted molar refractivity (Wildman–Crippen MR) is 127 cm³/mol. The quantitative estimate of drug-likeness (QED) is 0.668. The Morgan fingerprint density at radius 3 is 2.36 bits per heavy atom. The van der Waals surface area contributed by atoms with Gasteiger partial charge in [0.05, 0.1) is 24.6 Å². The maximum atomic E-state index is 13.4. The van der Waals surface area contributed by atoms with Gasteiger partial charge >= 0.3 is 5.69 Å². The lowest BCUT2D eigenvalue weighted by Gasteiger charge is -2.36. The maximum absolute atomic E-state index is 13.4. The van der Waals surface area contributed by atoms with Crippen molar-refractivity contribution in [2.24, 2.45) is 5.41 Å². The first kappa shape index (κ1) is 23.4. The number of fused-ring (bicyclic) bond motifs is 1. The van der Waals surface area contributed by atoms with E-state index in [0.717, 1.165) is 25.2 Å². The van der Waals surface area contributed by atoms with Gasteiger partial charge in [-0.2, -0.15) is 0 Å². The summed E-state index contributed by atoms with van der Waals surface area (Å²) in [7, 11) is 0. The van der Waals surface area contributed by atoms with Gasteiger partial charge in [0.2, 0.25) is 0 Å². The molecular formula is C25H33FN4O3. The maximum Gasteiger partial charge on any atom is 0.331 e. The first-order valence-electron chi connectivity index (χ1n) is 11.5. The molecule has 0 unspecified atom stereocenters. The molecule has 0 aliphatic carbocycles. The highest BCUT2D eigenvalue weighted by Gasteiger charge is 2.29. The molecule has 0 atom stereocenters. The highest BCUT2D eigenvalue weighted by molar-refractivity contribution is 5.62. The Kier molecular flexibility index (Phi) is 6.59. The van der Waals surface area contributed by atoms with Crippen LogP contribution in [0.4, 0.5) is 4.39 Å². The molecule has 4 rings (SSSR count). The molecule has 0 saturated carbocycles. The molecule has 0 spiro atoms. The van der Waals surface area contributed by atoms with Crippen LogP contribution in [-0.2, 0) is 24.4 Å². The highest BCUT2D eigenvalue weighted by Crippen LogP contribution is 2.25. The van der Waals surface area contributed by atoms with Crippen LogP contribution in [0, 0.1) is 18.2 Å². The summed E-state index contributed by atoms with van der Waals surface area (Å²) < 4.78 is 21.8. The van der Waals surface area contributed by atoms with Crippen molar-refractivity contribution >= 4 is 5.70 Å². The highest BCUT2D eigenvalue weighted by atomic mass is 19.1. The molecule has 0 amide bonds. The summed E-state index contributed by atoms with van der Waals surface area (Å²) in [6, 6.07) is 6.35. The Labute approximate surface area is 193 Å². The van der Waals surface area contributed by atoms with Crippen LogP contribution in [0.15, 0.2) is 40.4 Å². The van der Waals surface area contributed by atoms with E-state index in [9.17, 15) is 14.0 Å². The SMILES string of the molecule is C=C1c2c(C)c(=O)n(CC(C)(C)CN3CCOCC3)c(=O)n2CCN1Cc1ccc(F)cc1. The van der Waals surface area contributed by atoms with Crippen LogP contribution in [0.25, 0.3) is 5.70 Å². The number of ether oxygens (including phenoxy) is 1. The predicted octanol–water partition coefficient (Wildman–Crippen LogP) is 2.30. The fraction of sp³-hybridized carbons (Fsp3) is 0.520. The Hall–Kier alpha value is -2.71. The molecule has 178 valence electrons. The van der Waals surface area contributed by atoms with Gasteiger partial charge in [-0.15, -0.1) is 0 Å². The van der Waals surface area contributed by atoms with E-state index in [2.05, 4.69) is 25.3 Å². The third-order valence-electron chi connectivity index (χ3n) is 6.53. The van der Waals surface area contributed by atoms with E-state index in [-0.39, 0.29) is 22.5 Å². The van der Waals surface area contributed by atoms with Gasteiger partial charge in [0.15, 0.2) is 0 Å². The van der Waals surface area contributed by atoms with Crippen molar-refractivity contribution in [2.45, 2.75) is 40.4 Å². The largest absolute Gasteiger partial charge is 0.379 e. The van der Waals surface area contributed by atoms with Gasteiger partial charge in [0.1, 0.15) is 5.82 Å². The van der Waals surface area contributed by atoms with Crippen molar-refractivity contribution in [2.75, 3.05) is 39.4 Å². The third kappa shape index (κ3) is 4.96. The van der Waals surface area contributed by atoms with E-state index in [1.165, 1.54) is 16.7 Å². The van der Waals surface area contributed by atoms with Crippen LogP contribution in [0.1, 0.15) is 30.7 Å². The van der Waals surface area contributed by atoms with E-state index < -0.39 is 0 Å². The van der Waals surface area contributed by atoms with Crippen LogP contribution in [-0.4, -0.2) is 58.3 Å². The topological polar surface area (TPSA) is 59.7 Å². The molecular weight excluding hydrogens is 423 g/mol. The minimum atomic E-state index is -0.279. The van der Waals surface area contributed by atoms with E-state index >= 15 is 0 Å². The average molecular weight is 457 g/mol. The number of nitrogens with zero attached hydrogens (tertiary/aromatic N) is 4. The van der Waals surface area contributed by atoms with Crippen molar-refractivity contribution < 1.29 is 9.13 Å². The average Bonchev–Trinajstić information content (AvgIpc) is 2.78. The van der Waals surface area contributed by atoms with Crippen molar-refractivity contribution in [3.8, 4) is 0 Å². The number of rotatable bonds is 6. The first-order valence-corrected chi connectivity index (χ1v) is 11.5. The van der Waals surface area contributed by atoms with Crippen LogP contribution >= 0.6 is 0 Å². The summed E-state index contributed by atoms with van der Waals surface area (Å²) >= 11 is 0. The third-order valence-corrected chi connectivity index (χ3v) is 6.53. The smallest absolute Gasteiger partial charge is 0.331 e. The van der Waals surface area contributed by atoms with Gasteiger partial charge < -0.3 is 9.64 Å². The minimum Gasteiger partial charge on any atom is -0.379 e. The van der Waals surface area contributed by atoms with Crippen LogP contribution in [0.3, 0.4) is 0 Å². The van der Waals surface area contributed by atoms with E-state index in [1.807, 2.05) is 4.90 Å². The zero-order valence-electron chi connectivity index (χ0n) is 19.8. The standard InChI is InChI=1S/C25H33FN4O3/c1-18-22-19(2)28(15-20-5-7-21(26)8-6-20)9-10-29(22)24(32)30(23(18)31)17-25(3,4)16-27-11-13-33-14-12-27/h5-8H,2,9-17H2,1,3-4H3. The molecule has 0 N–H and O–H groups in total. The van der Waals surface area contributed by atoms with Gasteiger partial charge in [-0.05, 0) is 30.0 Å². The van der Waals surface area contributed by atoms with Gasteiger partial charge in [-0.25, -0.2) is 9.18 Å². The lowest BCUT2D eigenvalue weighted by atomic mass is 9.92. The molecule has 1 aromatic carbocycles. The number of aromatic nitrogens is 2. The summed E-state index contributed by atoms with van der Waals surface area (Å²) in [5.41, 5.74) is 1.94. The number of morpholine rings is 1. The van der Waals surface area contributed by atoms with Gasteiger partial charge in [-0.3, -0.25) is 18.8 Å². The monoisotopic (exact) mass is 456 g/mol. The zero-order valence-corrected chi connectivity index (χ0v) is 19.8. The molecule has 2 aliphatic rings. The van der Waals surface area contributed by atoms with Gasteiger partial charge in [0, 0.05) is 51.4 Å². The molecule has 1 aromatic heterocycles. The molecule has 0 bridgehead atoms. The zero-order chi connectivity index (χ0) is 23.8. The van der Waals surface area contributed by atoms with Crippen molar-refractivity contribution in [1.82, 2.24) is 18.9 Å². The number of benzene rings is 1. The molecule has 33 heavy (non-hydrogen) atoms. The summed E-state index contributed by atoms with van der Waals surface area (Å²) in [6.45, 7) is 16.1. The van der Waals surface area contributed by atoms with Crippen LogP contribution in [0.5, 0.6) is 0 Å². The van der Waals surface area contributed by atoms with E-state index in [4.69, 9.17) is 4.74 Å². The Bertz CT molecular complexity index is 1140. The summed E-state index contributed by atoms with van der Waals surface area (Å²) in [5.74, 6) is -0.277. The lowest BCUT2D eigenvalue weighted by Crippen LogP contribution is -2.50. The molecule has 2 aromatic rings. The molecule has 2 aliphatic heterocycles. The van der Waals surface area contributed by atoms with Gasteiger partial charge in [-0.1, -0.05) is 32.6 Å². The van der Waals surface area contributed by atoms with Crippen LogP contribution < -0.4 is 11.2 Å². The second-order valence-corrected chi connectivity index (χ2v) is 9.85. The summed E-state index contributed by atoms with van der Waals surface area (Å²) in [5, 5.41) is 0. The molecule has 8 heteroatoms. The molecule has 1 saturated heterocycles. The number of hydrogen-bond acceptors (Lipinski definition) is 5. The van der Waals surface area contributed by atoms with E-state index in [1.54, 1.807) is 23.6 Å². The van der Waals surface area contributed by atoms with Crippen molar-refractivity contribution in [1.29, 1.82) is 0 Å². The van der Waals surface area contributed by atoms with Crippen molar-refractivity contribution in [3.05, 3.63) is 74.3 Å². The first-order chi connectivity index (χ1) is 15.7. The molecule has 0 radical (unpaired) electrons. The summed E-state index contributed by atoms with van der Waals surface area (Å²) in [6.07, 6.45) is 0. The van der Waals surface area contributed by atoms with E-state index in [0.29, 0.717) is 56.3 Å². The van der Waals surface area contributed by atoms with Crippen LogP contribution in [0.2, 0.25) is 0 Å². The molecule has 3 heterocycles. The fourth-order valence-electron chi connectivity index (χ4n) is 4.89. The Morgan fingerprint density at radius 2 is 1.70 bits per heavy atom. The Balaban J connectivity index is 1.59. The second kappa shape index (κ2) is 9.27. The lowest BCUT2D eigenvalue weighted by molar-refractivity contribution is 0.0183. The second-order valence-electron chi connectivity index (χ2n) is 9.85. The fourth-order valence-corrected chi connectivity index (χ4v) is 4.89. The Morgan fingerprint density at radius 1 is 1.03 bits per heavy atom. The number of hydrogen-bond donors (Lipinski definition) is 0. The van der Waals surface area contributed by atoms with Crippen molar-refractivity contribution in [3.63, 3.8) is 0 Å². The summed E-state index contributed by atoms with van der Waals surface area (Å²) in [4.78, 5) is 31.1. The molecule has 7 nitrogen and oxygen atoms in total. The minimum absolute atomic E-state index is 0.248. The normalized spacial score (nSPS) is 17.3. The molecule has 1 fully saturated rings.